The van der Waals surface area contributed by atoms with Crippen LogP contribution in [0.1, 0.15) is 32.1 Å². The molecule has 1 aromatic carbocycles. The Balaban J connectivity index is 1.85. The highest BCUT2D eigenvalue weighted by Crippen LogP contribution is 2.34. The molecule has 2 aromatic heterocycles. The maximum absolute atomic E-state index is 12.5. The lowest BCUT2D eigenvalue weighted by molar-refractivity contribution is 0.0956. The molecule has 4 N–H and O–H groups in total. The lowest BCUT2D eigenvalue weighted by atomic mass is 10.1. The maximum atomic E-state index is 12.5. The molecule has 3 rings (SSSR count). The molecule has 6 nitrogen and oxygen atoms in total. The van der Waals surface area contributed by atoms with Crippen LogP contribution < -0.4 is 11.1 Å². The molecule has 0 aliphatic heterocycles. The van der Waals surface area contributed by atoms with Crippen molar-refractivity contribution < 1.29 is 9.90 Å². The molecule has 0 aliphatic rings. The normalized spacial score (nSPS) is 11.0. The number of anilines is 1. The second kappa shape index (κ2) is 6.09. The molecular formula is C17H18N4O2S. The summed E-state index contributed by atoms with van der Waals surface area (Å²) < 4.78 is 0. The van der Waals surface area contributed by atoms with Gasteiger partial charge in [0.2, 0.25) is 0 Å². The molecule has 0 fully saturated rings. The van der Waals surface area contributed by atoms with Crippen molar-refractivity contribution in [3.63, 3.8) is 0 Å². The van der Waals surface area contributed by atoms with E-state index < -0.39 is 0 Å². The summed E-state index contributed by atoms with van der Waals surface area (Å²) in [5, 5.41) is 21.4. The number of carbonyl (C=O) groups excluding carboxylic acids is 1. The molecule has 0 radical (unpaired) electrons. The summed E-state index contributed by atoms with van der Waals surface area (Å²) in [4.78, 5) is 13.6. The number of benzene rings is 1. The predicted molar refractivity (Wildman–Crippen MR) is 95.3 cm³/mol. The summed E-state index contributed by atoms with van der Waals surface area (Å²) in [5.41, 5.74) is 10.0. The summed E-state index contributed by atoms with van der Waals surface area (Å²) >= 11 is 1.24. The van der Waals surface area contributed by atoms with E-state index in [-0.39, 0.29) is 11.7 Å². The van der Waals surface area contributed by atoms with Gasteiger partial charge in [0.15, 0.2) is 0 Å². The standard InChI is InChI=1S/C17H18N4O2S/c1-8-6-11(4-5-12(8)22)7-19-16(23)15-14(18)13-9(2)10(3)20-21-17(13)24-15/h4-6,22H,7,18H2,1-3H3,(H,19,23). The van der Waals surface area contributed by atoms with Crippen LogP contribution in [-0.2, 0) is 6.54 Å². The molecular weight excluding hydrogens is 324 g/mol. The summed E-state index contributed by atoms with van der Waals surface area (Å²) in [6.45, 7) is 5.97. The van der Waals surface area contributed by atoms with E-state index in [2.05, 4.69) is 15.5 Å². The van der Waals surface area contributed by atoms with Crippen molar-refractivity contribution in [2.24, 2.45) is 0 Å². The fraction of sp³-hybridized carbons (Fsp3) is 0.235. The van der Waals surface area contributed by atoms with E-state index in [4.69, 9.17) is 5.73 Å². The molecule has 0 bridgehead atoms. The van der Waals surface area contributed by atoms with E-state index in [1.807, 2.05) is 26.8 Å². The van der Waals surface area contributed by atoms with Crippen LogP contribution in [0.3, 0.4) is 0 Å². The first-order valence-corrected chi connectivity index (χ1v) is 8.28. The molecule has 0 saturated carbocycles. The van der Waals surface area contributed by atoms with Crippen LogP contribution in [0.2, 0.25) is 0 Å². The minimum atomic E-state index is -0.238. The number of nitrogens with zero attached hydrogens (tertiary/aromatic N) is 2. The lowest BCUT2D eigenvalue weighted by Crippen LogP contribution is -2.22. The SMILES string of the molecule is Cc1cc(CNC(=O)c2sc3nnc(C)c(C)c3c2N)ccc1O. The van der Waals surface area contributed by atoms with Crippen LogP contribution in [0.4, 0.5) is 5.69 Å². The molecule has 2 heterocycles. The number of aromatic hydroxyl groups is 1. The van der Waals surface area contributed by atoms with Gasteiger partial charge in [0.1, 0.15) is 15.5 Å². The number of phenolic OH excluding ortho intramolecular Hbond substituents is 1. The number of phenols is 1. The van der Waals surface area contributed by atoms with Crippen molar-refractivity contribution in [1.29, 1.82) is 0 Å². The van der Waals surface area contributed by atoms with Gasteiger partial charge in [-0.05, 0) is 43.5 Å². The van der Waals surface area contributed by atoms with Gasteiger partial charge in [-0.15, -0.1) is 16.4 Å². The minimum Gasteiger partial charge on any atom is -0.508 e. The molecule has 0 saturated heterocycles. The number of nitrogens with one attached hydrogen (secondary N) is 1. The van der Waals surface area contributed by atoms with Crippen LogP contribution in [0.5, 0.6) is 5.75 Å². The Morgan fingerprint density at radius 2 is 2.04 bits per heavy atom. The molecule has 7 heteroatoms. The van der Waals surface area contributed by atoms with Gasteiger partial charge in [-0.1, -0.05) is 12.1 Å². The van der Waals surface area contributed by atoms with E-state index in [0.29, 0.717) is 21.9 Å². The van der Waals surface area contributed by atoms with Gasteiger partial charge in [0, 0.05) is 11.9 Å². The van der Waals surface area contributed by atoms with Crippen LogP contribution in [0.15, 0.2) is 18.2 Å². The number of aromatic nitrogens is 2. The smallest absolute Gasteiger partial charge is 0.263 e. The number of amides is 1. The molecule has 0 spiro atoms. The average molecular weight is 342 g/mol. The third-order valence-corrected chi connectivity index (χ3v) is 5.14. The van der Waals surface area contributed by atoms with Gasteiger partial charge >= 0.3 is 0 Å². The minimum absolute atomic E-state index is 0.238. The summed E-state index contributed by atoms with van der Waals surface area (Å²) in [6.07, 6.45) is 0. The number of nitrogen functional groups attached to an aromatic ring is 1. The second-order valence-corrected chi connectivity index (χ2v) is 6.74. The van der Waals surface area contributed by atoms with Crippen LogP contribution in [0.25, 0.3) is 10.2 Å². The Morgan fingerprint density at radius 1 is 1.29 bits per heavy atom. The number of rotatable bonds is 3. The monoisotopic (exact) mass is 342 g/mol. The number of nitrogens with two attached hydrogens (primary N) is 1. The van der Waals surface area contributed by atoms with E-state index in [0.717, 1.165) is 27.8 Å². The largest absolute Gasteiger partial charge is 0.508 e. The summed E-state index contributed by atoms with van der Waals surface area (Å²) in [7, 11) is 0. The average Bonchev–Trinajstić information content (AvgIpc) is 2.89. The Bertz CT molecular complexity index is 949. The van der Waals surface area contributed by atoms with Crippen molar-refractivity contribution in [2.75, 3.05) is 5.73 Å². The number of hydrogen-bond acceptors (Lipinski definition) is 6. The van der Waals surface area contributed by atoms with Crippen molar-refractivity contribution >= 4 is 33.1 Å². The topological polar surface area (TPSA) is 101 Å². The Hall–Kier alpha value is -2.67. The van der Waals surface area contributed by atoms with Gasteiger partial charge in [-0.2, -0.15) is 5.10 Å². The lowest BCUT2D eigenvalue weighted by Gasteiger charge is -2.07. The predicted octanol–water partition coefficient (Wildman–Crippen LogP) is 2.83. The molecule has 24 heavy (non-hydrogen) atoms. The van der Waals surface area contributed by atoms with Gasteiger partial charge in [0.25, 0.3) is 5.91 Å². The first-order chi connectivity index (χ1) is 11.4. The third kappa shape index (κ3) is 2.78. The van der Waals surface area contributed by atoms with Gasteiger partial charge in [0.05, 0.1) is 11.4 Å². The molecule has 1 amide bonds. The van der Waals surface area contributed by atoms with Gasteiger partial charge in [-0.3, -0.25) is 4.79 Å². The zero-order valence-corrected chi connectivity index (χ0v) is 14.5. The maximum Gasteiger partial charge on any atom is 0.263 e. The Kier molecular flexibility index (Phi) is 4.11. The highest BCUT2D eigenvalue weighted by atomic mass is 32.1. The van der Waals surface area contributed by atoms with E-state index in [1.165, 1.54) is 11.3 Å². The quantitative estimate of drug-likeness (QED) is 0.679. The first kappa shape index (κ1) is 16.2. The number of thiophene rings is 1. The van der Waals surface area contributed by atoms with Crippen LogP contribution in [-0.4, -0.2) is 21.2 Å². The summed E-state index contributed by atoms with van der Waals surface area (Å²) in [5.74, 6) is 0.00141. The van der Waals surface area contributed by atoms with Crippen LogP contribution in [0, 0.1) is 20.8 Å². The Morgan fingerprint density at radius 3 is 2.75 bits per heavy atom. The number of carbonyl (C=O) groups is 1. The van der Waals surface area contributed by atoms with Crippen molar-refractivity contribution in [1.82, 2.24) is 15.5 Å². The molecule has 3 aromatic rings. The van der Waals surface area contributed by atoms with E-state index in [1.54, 1.807) is 12.1 Å². The first-order valence-electron chi connectivity index (χ1n) is 7.47. The van der Waals surface area contributed by atoms with Gasteiger partial charge < -0.3 is 16.2 Å². The fourth-order valence-corrected chi connectivity index (χ4v) is 3.52. The number of aryl methyl sites for hydroxylation is 3. The van der Waals surface area contributed by atoms with Crippen LogP contribution >= 0.6 is 11.3 Å². The van der Waals surface area contributed by atoms with Gasteiger partial charge in [-0.25, -0.2) is 0 Å². The van der Waals surface area contributed by atoms with Crippen molar-refractivity contribution in [2.45, 2.75) is 27.3 Å². The zero-order valence-electron chi connectivity index (χ0n) is 13.7. The Labute approximate surface area is 143 Å². The zero-order chi connectivity index (χ0) is 17.4. The van der Waals surface area contributed by atoms with E-state index >= 15 is 0 Å². The molecule has 0 unspecified atom stereocenters. The molecule has 0 atom stereocenters. The number of fused-ring (bicyclic) bond motifs is 1. The highest BCUT2D eigenvalue weighted by molar-refractivity contribution is 7.21. The van der Waals surface area contributed by atoms with Crippen molar-refractivity contribution in [3.8, 4) is 5.75 Å². The molecule has 124 valence electrons. The summed E-state index contributed by atoms with van der Waals surface area (Å²) in [6, 6.07) is 5.23. The second-order valence-electron chi connectivity index (χ2n) is 5.74. The molecule has 0 aliphatic carbocycles. The highest BCUT2D eigenvalue weighted by Gasteiger charge is 2.19. The fourth-order valence-electron chi connectivity index (χ4n) is 2.50. The third-order valence-electron chi connectivity index (χ3n) is 4.06. The number of hydrogen-bond donors (Lipinski definition) is 3. The van der Waals surface area contributed by atoms with Crippen molar-refractivity contribution in [3.05, 3.63) is 45.5 Å². The van der Waals surface area contributed by atoms with E-state index in [9.17, 15) is 9.90 Å².